The van der Waals surface area contributed by atoms with Gasteiger partial charge in [0.15, 0.2) is 0 Å². The number of anilines is 1. The zero-order valence-corrected chi connectivity index (χ0v) is 19.5. The Labute approximate surface area is 195 Å². The van der Waals surface area contributed by atoms with E-state index in [1.54, 1.807) is 28.0 Å². The Morgan fingerprint density at radius 1 is 1.12 bits per heavy atom. The topological polar surface area (TPSA) is 54.3 Å². The van der Waals surface area contributed by atoms with Gasteiger partial charge in [0.05, 0.1) is 6.54 Å². The number of thiophene rings is 1. The lowest BCUT2D eigenvalue weighted by atomic mass is 9.93. The number of benzene rings is 2. The molecule has 0 spiro atoms. The van der Waals surface area contributed by atoms with Crippen molar-refractivity contribution in [3.8, 4) is 0 Å². The number of rotatable bonds is 5. The molecule has 0 radical (unpaired) electrons. The molecule has 7 heteroatoms. The second-order valence-electron chi connectivity index (χ2n) is 8.08. The molecule has 162 valence electrons. The fourth-order valence-electron chi connectivity index (χ4n) is 4.32. The zero-order chi connectivity index (χ0) is 22.3. The van der Waals surface area contributed by atoms with E-state index in [4.69, 9.17) is 0 Å². The third kappa shape index (κ3) is 3.42. The molecule has 0 unspecified atom stereocenters. The number of hydrogen-bond acceptors (Lipinski definition) is 4. The Morgan fingerprint density at radius 3 is 2.72 bits per heavy atom. The van der Waals surface area contributed by atoms with Crippen molar-refractivity contribution >= 4 is 50.8 Å². The van der Waals surface area contributed by atoms with Crippen LogP contribution in [0.3, 0.4) is 0 Å². The molecule has 0 saturated heterocycles. The first kappa shape index (κ1) is 20.8. The number of aromatic nitrogens is 1. The Morgan fingerprint density at radius 2 is 1.94 bits per heavy atom. The average Bonchev–Trinajstić information content (AvgIpc) is 3.41. The zero-order valence-electron chi connectivity index (χ0n) is 17.9. The standard InChI is InChI=1S/C25H23N3O2S2/c1-25(24(30)26-15-17-7-4-3-5-8-17)16-27-21(13-18-11-12-32-23(18)27)22(29)28(25)19-9-6-10-20(14-19)31-2/h3-14H,15-16H2,1-2H3,(H,26,30)/t25-/m1/s1. The van der Waals surface area contributed by atoms with Crippen LogP contribution in [0.15, 0.2) is 77.0 Å². The number of nitrogens with zero attached hydrogens (tertiary/aromatic N) is 2. The second kappa shape index (κ2) is 8.15. The summed E-state index contributed by atoms with van der Waals surface area (Å²) >= 11 is 3.21. The minimum absolute atomic E-state index is 0.157. The lowest BCUT2D eigenvalue weighted by Gasteiger charge is -2.44. The van der Waals surface area contributed by atoms with Gasteiger partial charge in [-0.2, -0.15) is 0 Å². The average molecular weight is 462 g/mol. The first-order valence-electron chi connectivity index (χ1n) is 10.4. The molecular weight excluding hydrogens is 438 g/mol. The summed E-state index contributed by atoms with van der Waals surface area (Å²) in [5.74, 6) is -0.330. The fourth-order valence-corrected chi connectivity index (χ4v) is 5.67. The Hall–Kier alpha value is -3.03. The molecule has 1 atom stereocenters. The highest BCUT2D eigenvalue weighted by Crippen LogP contribution is 2.38. The van der Waals surface area contributed by atoms with Gasteiger partial charge in [0.25, 0.3) is 5.91 Å². The van der Waals surface area contributed by atoms with Gasteiger partial charge in [-0.15, -0.1) is 23.1 Å². The van der Waals surface area contributed by atoms with Gasteiger partial charge in [-0.05, 0) is 54.5 Å². The van der Waals surface area contributed by atoms with Crippen LogP contribution in [0.2, 0.25) is 0 Å². The van der Waals surface area contributed by atoms with Crippen molar-refractivity contribution in [2.75, 3.05) is 11.2 Å². The molecule has 1 aliphatic rings. The third-order valence-corrected chi connectivity index (χ3v) is 7.66. The first-order chi connectivity index (χ1) is 15.5. The predicted octanol–water partition coefficient (Wildman–Crippen LogP) is 5.16. The number of fused-ring (bicyclic) bond motifs is 3. The highest BCUT2D eigenvalue weighted by atomic mass is 32.2. The molecule has 0 fully saturated rings. The van der Waals surface area contributed by atoms with Crippen molar-refractivity contribution in [3.63, 3.8) is 0 Å². The van der Waals surface area contributed by atoms with Crippen molar-refractivity contribution < 1.29 is 9.59 Å². The molecule has 0 aliphatic carbocycles. The summed E-state index contributed by atoms with van der Waals surface area (Å²) in [6.07, 6.45) is 2.00. The van der Waals surface area contributed by atoms with Gasteiger partial charge in [0.2, 0.25) is 5.91 Å². The fraction of sp³-hybridized carbons (Fsp3) is 0.200. The quantitative estimate of drug-likeness (QED) is 0.418. The maximum absolute atomic E-state index is 13.8. The van der Waals surface area contributed by atoms with Crippen LogP contribution in [0.1, 0.15) is 23.0 Å². The second-order valence-corrected chi connectivity index (χ2v) is 9.86. The van der Waals surface area contributed by atoms with E-state index in [2.05, 4.69) is 5.32 Å². The van der Waals surface area contributed by atoms with Gasteiger partial charge in [-0.25, -0.2) is 0 Å². The highest BCUT2D eigenvalue weighted by Gasteiger charge is 2.48. The van der Waals surface area contributed by atoms with E-state index in [1.807, 2.05) is 89.9 Å². The van der Waals surface area contributed by atoms with Gasteiger partial charge in [-0.3, -0.25) is 14.5 Å². The summed E-state index contributed by atoms with van der Waals surface area (Å²) in [4.78, 5) is 31.2. The maximum Gasteiger partial charge on any atom is 0.275 e. The van der Waals surface area contributed by atoms with Crippen LogP contribution < -0.4 is 10.2 Å². The molecule has 2 aromatic carbocycles. The summed E-state index contributed by atoms with van der Waals surface area (Å²) < 4.78 is 2.00. The summed E-state index contributed by atoms with van der Waals surface area (Å²) in [6, 6.07) is 21.6. The first-order valence-corrected chi connectivity index (χ1v) is 12.5. The van der Waals surface area contributed by atoms with Crippen molar-refractivity contribution in [1.82, 2.24) is 9.88 Å². The Kier molecular flexibility index (Phi) is 5.31. The van der Waals surface area contributed by atoms with Gasteiger partial charge >= 0.3 is 0 Å². The summed E-state index contributed by atoms with van der Waals surface area (Å²) in [6.45, 7) is 2.66. The van der Waals surface area contributed by atoms with Crippen LogP contribution >= 0.6 is 23.1 Å². The summed E-state index contributed by atoms with van der Waals surface area (Å²) in [5.41, 5.74) is 1.29. The largest absolute Gasteiger partial charge is 0.350 e. The van der Waals surface area contributed by atoms with Crippen LogP contribution in [0.25, 0.3) is 10.2 Å². The van der Waals surface area contributed by atoms with Crippen LogP contribution in [-0.4, -0.2) is 28.2 Å². The number of carbonyl (C=O) groups is 2. The number of carbonyl (C=O) groups excluding carboxylic acids is 2. The van der Waals surface area contributed by atoms with Gasteiger partial charge in [0, 0.05) is 22.5 Å². The van der Waals surface area contributed by atoms with Crippen LogP contribution in [0, 0.1) is 0 Å². The lowest BCUT2D eigenvalue weighted by molar-refractivity contribution is -0.126. The van der Waals surface area contributed by atoms with E-state index in [-0.39, 0.29) is 11.8 Å². The smallest absolute Gasteiger partial charge is 0.275 e. The van der Waals surface area contributed by atoms with Crippen molar-refractivity contribution in [3.05, 3.63) is 83.4 Å². The number of thioether (sulfide) groups is 1. The molecule has 1 aliphatic heterocycles. The van der Waals surface area contributed by atoms with Crippen molar-refractivity contribution in [2.45, 2.75) is 30.4 Å². The SMILES string of the molecule is CSc1cccc(N2C(=O)c3cc4ccsc4n3C[C@]2(C)C(=O)NCc2ccccc2)c1. The van der Waals surface area contributed by atoms with E-state index in [1.165, 1.54) is 0 Å². The Balaban J connectivity index is 1.58. The van der Waals surface area contributed by atoms with E-state index in [0.717, 1.165) is 26.4 Å². The third-order valence-electron chi connectivity index (χ3n) is 5.98. The monoisotopic (exact) mass is 461 g/mol. The Bertz CT molecular complexity index is 1310. The van der Waals surface area contributed by atoms with Gasteiger partial charge in [-0.1, -0.05) is 36.4 Å². The van der Waals surface area contributed by atoms with Gasteiger partial charge < -0.3 is 9.88 Å². The summed E-state index contributed by atoms with van der Waals surface area (Å²) in [7, 11) is 0. The van der Waals surface area contributed by atoms with E-state index in [9.17, 15) is 9.59 Å². The van der Waals surface area contributed by atoms with Crippen LogP contribution in [-0.2, 0) is 17.9 Å². The molecule has 32 heavy (non-hydrogen) atoms. The minimum Gasteiger partial charge on any atom is -0.350 e. The molecule has 0 saturated carbocycles. The molecule has 3 heterocycles. The maximum atomic E-state index is 13.8. The molecule has 5 nitrogen and oxygen atoms in total. The minimum atomic E-state index is -1.08. The van der Waals surface area contributed by atoms with E-state index < -0.39 is 5.54 Å². The molecule has 4 aromatic rings. The molecule has 5 rings (SSSR count). The van der Waals surface area contributed by atoms with Crippen molar-refractivity contribution in [2.24, 2.45) is 0 Å². The highest BCUT2D eigenvalue weighted by molar-refractivity contribution is 7.98. The summed E-state index contributed by atoms with van der Waals surface area (Å²) in [5, 5.41) is 6.12. The predicted molar refractivity (Wildman–Crippen MR) is 132 cm³/mol. The molecule has 1 N–H and O–H groups in total. The number of nitrogens with one attached hydrogen (secondary N) is 1. The molecule has 2 aromatic heterocycles. The van der Waals surface area contributed by atoms with Crippen molar-refractivity contribution in [1.29, 1.82) is 0 Å². The number of amides is 2. The van der Waals surface area contributed by atoms with E-state index in [0.29, 0.717) is 18.8 Å². The van der Waals surface area contributed by atoms with Crippen LogP contribution in [0.5, 0.6) is 0 Å². The van der Waals surface area contributed by atoms with E-state index >= 15 is 0 Å². The lowest BCUT2D eigenvalue weighted by Crippen LogP contribution is -2.64. The molecule has 2 amide bonds. The molecule has 0 bridgehead atoms. The normalized spacial score (nSPS) is 18.1. The molecular formula is C25H23N3O2S2. The van der Waals surface area contributed by atoms with Crippen LogP contribution in [0.4, 0.5) is 5.69 Å². The number of hydrogen-bond donors (Lipinski definition) is 1. The van der Waals surface area contributed by atoms with Gasteiger partial charge in [0.1, 0.15) is 16.1 Å².